The summed E-state index contributed by atoms with van der Waals surface area (Å²) >= 11 is 0. The summed E-state index contributed by atoms with van der Waals surface area (Å²) in [6.45, 7) is 5.39. The van der Waals surface area contributed by atoms with Gasteiger partial charge in [0.05, 0.1) is 7.11 Å². The van der Waals surface area contributed by atoms with Crippen molar-refractivity contribution in [1.82, 2.24) is 5.32 Å². The lowest BCUT2D eigenvalue weighted by atomic mass is 9.89. The Hall–Kier alpha value is -1.09. The minimum absolute atomic E-state index is 0.255. The van der Waals surface area contributed by atoms with Crippen molar-refractivity contribution in [2.75, 3.05) is 13.7 Å². The molecule has 1 fully saturated rings. The third kappa shape index (κ3) is 2.51. The Labute approximate surface area is 109 Å². The van der Waals surface area contributed by atoms with E-state index in [1.54, 1.807) is 12.1 Å². The molecule has 0 bridgehead atoms. The van der Waals surface area contributed by atoms with Gasteiger partial charge in [-0.2, -0.15) is 0 Å². The zero-order chi connectivity index (χ0) is 13.1. The fraction of sp³-hybridized carbons (Fsp3) is 0.600. The molecule has 1 N–H and O–H groups in total. The van der Waals surface area contributed by atoms with E-state index in [9.17, 15) is 4.39 Å². The maximum Gasteiger partial charge on any atom is 0.165 e. The number of nitrogens with one attached hydrogen (secondary N) is 1. The predicted octanol–water partition coefficient (Wildman–Crippen LogP) is 3.33. The van der Waals surface area contributed by atoms with Crippen LogP contribution in [-0.4, -0.2) is 19.7 Å². The van der Waals surface area contributed by atoms with Gasteiger partial charge in [-0.15, -0.1) is 0 Å². The van der Waals surface area contributed by atoms with Crippen molar-refractivity contribution in [3.8, 4) is 5.75 Å². The molecule has 18 heavy (non-hydrogen) atoms. The van der Waals surface area contributed by atoms with Crippen molar-refractivity contribution in [2.45, 2.75) is 38.6 Å². The third-order valence-electron chi connectivity index (χ3n) is 4.13. The quantitative estimate of drug-likeness (QED) is 0.886. The lowest BCUT2D eigenvalue weighted by molar-refractivity contribution is 0.383. The molecular formula is C15H22FNO. The lowest BCUT2D eigenvalue weighted by Crippen LogP contribution is -2.32. The molecule has 0 saturated heterocycles. The standard InChI is InChI=1S/C15H22FNO/c1-4-17-14-7-6-12(10(14)2)11-5-8-15(18-3)13(16)9-11/h5,8-10,12,14,17H,4,6-7H2,1-3H3. The van der Waals surface area contributed by atoms with E-state index in [1.165, 1.54) is 13.5 Å². The van der Waals surface area contributed by atoms with Crippen LogP contribution in [0.4, 0.5) is 4.39 Å². The minimum Gasteiger partial charge on any atom is -0.494 e. The van der Waals surface area contributed by atoms with E-state index in [2.05, 4.69) is 19.2 Å². The van der Waals surface area contributed by atoms with Gasteiger partial charge < -0.3 is 10.1 Å². The van der Waals surface area contributed by atoms with Crippen LogP contribution >= 0.6 is 0 Å². The Balaban J connectivity index is 2.15. The molecule has 1 aliphatic rings. The normalized spacial score (nSPS) is 27.4. The monoisotopic (exact) mass is 251 g/mol. The second kappa shape index (κ2) is 5.70. The van der Waals surface area contributed by atoms with E-state index < -0.39 is 0 Å². The molecule has 3 unspecified atom stereocenters. The van der Waals surface area contributed by atoms with Crippen molar-refractivity contribution < 1.29 is 9.13 Å². The Kier molecular flexibility index (Phi) is 4.23. The number of ether oxygens (including phenoxy) is 1. The molecule has 3 heteroatoms. The maximum absolute atomic E-state index is 13.7. The van der Waals surface area contributed by atoms with Crippen molar-refractivity contribution in [3.63, 3.8) is 0 Å². The molecule has 0 spiro atoms. The molecule has 2 nitrogen and oxygen atoms in total. The molecule has 100 valence electrons. The fourth-order valence-electron chi connectivity index (χ4n) is 3.10. The molecule has 1 aromatic rings. The summed E-state index contributed by atoms with van der Waals surface area (Å²) in [7, 11) is 1.50. The van der Waals surface area contributed by atoms with Crippen LogP contribution in [0.25, 0.3) is 0 Å². The fourth-order valence-corrected chi connectivity index (χ4v) is 3.10. The van der Waals surface area contributed by atoms with Crippen LogP contribution in [0.15, 0.2) is 18.2 Å². The molecule has 0 aromatic heterocycles. The average Bonchev–Trinajstić information content (AvgIpc) is 2.72. The second-order valence-electron chi connectivity index (χ2n) is 5.10. The number of benzene rings is 1. The highest BCUT2D eigenvalue weighted by molar-refractivity contribution is 5.32. The van der Waals surface area contributed by atoms with Crippen LogP contribution in [0.3, 0.4) is 0 Å². The summed E-state index contributed by atoms with van der Waals surface area (Å²) in [5, 5.41) is 3.51. The molecule has 0 amide bonds. The SMILES string of the molecule is CCNC1CCC(c2ccc(OC)c(F)c2)C1C. The van der Waals surface area contributed by atoms with Crippen LogP contribution in [0.2, 0.25) is 0 Å². The zero-order valence-corrected chi connectivity index (χ0v) is 11.4. The Morgan fingerprint density at radius 3 is 2.78 bits per heavy atom. The summed E-state index contributed by atoms with van der Waals surface area (Å²) in [5.41, 5.74) is 1.10. The first-order valence-electron chi connectivity index (χ1n) is 6.74. The minimum atomic E-state index is -0.255. The summed E-state index contributed by atoms with van der Waals surface area (Å²) in [6.07, 6.45) is 2.30. The van der Waals surface area contributed by atoms with Crippen molar-refractivity contribution >= 4 is 0 Å². The number of halogens is 1. The average molecular weight is 251 g/mol. The van der Waals surface area contributed by atoms with E-state index in [1.807, 2.05) is 6.07 Å². The molecule has 1 aliphatic carbocycles. The summed E-state index contributed by atoms with van der Waals surface area (Å²) < 4.78 is 18.7. The predicted molar refractivity (Wildman–Crippen MR) is 71.6 cm³/mol. The van der Waals surface area contributed by atoms with E-state index in [0.717, 1.165) is 18.5 Å². The molecule has 1 aromatic carbocycles. The highest BCUT2D eigenvalue weighted by Gasteiger charge is 2.33. The zero-order valence-electron chi connectivity index (χ0n) is 11.4. The largest absolute Gasteiger partial charge is 0.494 e. The second-order valence-corrected chi connectivity index (χ2v) is 5.10. The summed E-state index contributed by atoms with van der Waals surface area (Å²) in [4.78, 5) is 0. The first-order valence-corrected chi connectivity index (χ1v) is 6.74. The number of hydrogen-bond donors (Lipinski definition) is 1. The summed E-state index contributed by atoms with van der Waals surface area (Å²) in [5.74, 6) is 1.08. The number of hydrogen-bond acceptors (Lipinski definition) is 2. The first kappa shape index (κ1) is 13.3. The van der Waals surface area contributed by atoms with Crippen LogP contribution in [0.5, 0.6) is 5.75 Å². The van der Waals surface area contributed by atoms with Crippen LogP contribution in [-0.2, 0) is 0 Å². The molecule has 1 saturated carbocycles. The smallest absolute Gasteiger partial charge is 0.165 e. The Morgan fingerprint density at radius 2 is 2.17 bits per heavy atom. The van der Waals surface area contributed by atoms with E-state index in [4.69, 9.17) is 4.74 Å². The Morgan fingerprint density at radius 1 is 1.39 bits per heavy atom. The van der Waals surface area contributed by atoms with Gasteiger partial charge in [0.2, 0.25) is 0 Å². The van der Waals surface area contributed by atoms with Gasteiger partial charge in [-0.05, 0) is 48.9 Å². The van der Waals surface area contributed by atoms with Crippen molar-refractivity contribution in [3.05, 3.63) is 29.6 Å². The van der Waals surface area contributed by atoms with Crippen LogP contribution < -0.4 is 10.1 Å². The first-order chi connectivity index (χ1) is 8.67. The summed E-state index contributed by atoms with van der Waals surface area (Å²) in [6, 6.07) is 5.93. The lowest BCUT2D eigenvalue weighted by Gasteiger charge is -2.22. The van der Waals surface area contributed by atoms with Crippen molar-refractivity contribution in [1.29, 1.82) is 0 Å². The van der Waals surface area contributed by atoms with Gasteiger partial charge in [0.15, 0.2) is 11.6 Å². The van der Waals surface area contributed by atoms with Crippen LogP contribution in [0.1, 0.15) is 38.2 Å². The molecule has 3 atom stereocenters. The molecule has 2 rings (SSSR count). The van der Waals surface area contributed by atoms with Gasteiger partial charge in [-0.25, -0.2) is 4.39 Å². The molecule has 0 radical (unpaired) electrons. The van der Waals surface area contributed by atoms with Gasteiger partial charge >= 0.3 is 0 Å². The molecular weight excluding hydrogens is 229 g/mol. The van der Waals surface area contributed by atoms with Gasteiger partial charge in [0.25, 0.3) is 0 Å². The van der Waals surface area contributed by atoms with Crippen molar-refractivity contribution in [2.24, 2.45) is 5.92 Å². The highest BCUT2D eigenvalue weighted by Crippen LogP contribution is 2.40. The van der Waals surface area contributed by atoms with Gasteiger partial charge in [0, 0.05) is 6.04 Å². The topological polar surface area (TPSA) is 21.3 Å². The molecule has 0 aliphatic heterocycles. The van der Waals surface area contributed by atoms with Gasteiger partial charge in [0.1, 0.15) is 0 Å². The number of rotatable bonds is 4. The Bertz CT molecular complexity index is 407. The third-order valence-corrected chi connectivity index (χ3v) is 4.13. The van der Waals surface area contributed by atoms with E-state index >= 15 is 0 Å². The van der Waals surface area contributed by atoms with Gasteiger partial charge in [-0.3, -0.25) is 0 Å². The molecule has 0 heterocycles. The van der Waals surface area contributed by atoms with E-state index in [-0.39, 0.29) is 5.82 Å². The number of methoxy groups -OCH3 is 1. The van der Waals surface area contributed by atoms with Crippen LogP contribution in [0, 0.1) is 11.7 Å². The van der Waals surface area contributed by atoms with E-state index in [0.29, 0.717) is 23.6 Å². The highest BCUT2D eigenvalue weighted by atomic mass is 19.1. The maximum atomic E-state index is 13.7. The van der Waals surface area contributed by atoms with Gasteiger partial charge in [-0.1, -0.05) is 19.9 Å².